The molecule has 0 aromatic heterocycles. The third-order valence-corrected chi connectivity index (χ3v) is 5.32. The lowest BCUT2D eigenvalue weighted by Gasteiger charge is -2.20. The van der Waals surface area contributed by atoms with E-state index in [9.17, 15) is 18.5 Å². The smallest absolute Gasteiger partial charge is 0.258 e. The molecule has 1 aromatic carbocycles. The number of nitro groups is 1. The molecular weight excluding hydrogens is 292 g/mol. The lowest BCUT2D eigenvalue weighted by Crippen LogP contribution is -2.35. The normalized spacial score (nSPS) is 17.9. The van der Waals surface area contributed by atoms with Crippen molar-refractivity contribution in [1.82, 2.24) is 4.72 Å². The minimum Gasteiger partial charge on any atom is -0.258 e. The van der Waals surface area contributed by atoms with Crippen molar-refractivity contribution in [2.24, 2.45) is 0 Å². The second-order valence-electron chi connectivity index (χ2n) is 5.41. The van der Waals surface area contributed by atoms with Gasteiger partial charge in [0, 0.05) is 18.2 Å². The highest BCUT2D eigenvalue weighted by Crippen LogP contribution is 2.20. The molecule has 0 heterocycles. The summed E-state index contributed by atoms with van der Waals surface area (Å²) in [6.45, 7) is 0. The number of nitro benzene ring substituents is 1. The molecule has 0 unspecified atom stereocenters. The number of rotatable bonds is 4. The molecule has 1 N–H and O–H groups in total. The SMILES string of the molecule is O=[N+]([O-])c1ccc(S(=O)(=O)NC2CCCCCCC2)cc1. The van der Waals surface area contributed by atoms with Crippen LogP contribution in [0.4, 0.5) is 5.69 Å². The van der Waals surface area contributed by atoms with Gasteiger partial charge < -0.3 is 0 Å². The Balaban J connectivity index is 2.07. The van der Waals surface area contributed by atoms with E-state index in [1.807, 2.05) is 0 Å². The highest BCUT2D eigenvalue weighted by atomic mass is 32.2. The fourth-order valence-electron chi connectivity index (χ4n) is 2.61. The minimum atomic E-state index is -3.60. The van der Waals surface area contributed by atoms with Crippen LogP contribution in [0.15, 0.2) is 29.2 Å². The van der Waals surface area contributed by atoms with Gasteiger partial charge in [-0.15, -0.1) is 0 Å². The Bertz CT molecular complexity index is 575. The molecule has 0 atom stereocenters. The molecule has 6 nitrogen and oxygen atoms in total. The average Bonchev–Trinajstić information content (AvgIpc) is 2.42. The average molecular weight is 312 g/mol. The van der Waals surface area contributed by atoms with E-state index in [1.165, 1.54) is 30.7 Å². The van der Waals surface area contributed by atoms with Gasteiger partial charge in [0.2, 0.25) is 10.0 Å². The van der Waals surface area contributed by atoms with Gasteiger partial charge in [0.05, 0.1) is 9.82 Å². The van der Waals surface area contributed by atoms with Crippen molar-refractivity contribution in [3.05, 3.63) is 34.4 Å². The lowest BCUT2D eigenvalue weighted by atomic mass is 9.97. The zero-order chi connectivity index (χ0) is 15.3. The standard InChI is InChI=1S/C14H20N2O4S/c17-16(18)13-8-10-14(11-9-13)21(19,20)15-12-6-4-2-1-3-5-7-12/h8-12,15H,1-7H2. The van der Waals surface area contributed by atoms with Crippen LogP contribution in [0.2, 0.25) is 0 Å². The van der Waals surface area contributed by atoms with Crippen LogP contribution in [-0.2, 0) is 10.0 Å². The van der Waals surface area contributed by atoms with Crippen LogP contribution in [0.25, 0.3) is 0 Å². The number of sulfonamides is 1. The molecule has 0 amide bonds. The first-order chi connectivity index (χ1) is 9.99. The van der Waals surface area contributed by atoms with E-state index < -0.39 is 14.9 Å². The first-order valence-corrected chi connectivity index (χ1v) is 8.74. The zero-order valence-electron chi connectivity index (χ0n) is 11.8. The van der Waals surface area contributed by atoms with Crippen LogP contribution in [0.5, 0.6) is 0 Å². The number of nitrogens with one attached hydrogen (secondary N) is 1. The summed E-state index contributed by atoms with van der Waals surface area (Å²) in [6.07, 6.45) is 7.30. The third kappa shape index (κ3) is 4.50. The fourth-order valence-corrected chi connectivity index (χ4v) is 3.91. The van der Waals surface area contributed by atoms with Crippen molar-refractivity contribution in [3.8, 4) is 0 Å². The third-order valence-electron chi connectivity index (χ3n) is 3.78. The van der Waals surface area contributed by atoms with Crippen LogP contribution in [0, 0.1) is 10.1 Å². The maximum absolute atomic E-state index is 12.3. The molecule has 7 heteroatoms. The van der Waals surface area contributed by atoms with Crippen molar-refractivity contribution in [1.29, 1.82) is 0 Å². The molecule has 0 saturated heterocycles. The highest BCUT2D eigenvalue weighted by molar-refractivity contribution is 7.89. The van der Waals surface area contributed by atoms with Crippen molar-refractivity contribution >= 4 is 15.7 Å². The summed E-state index contributed by atoms with van der Waals surface area (Å²) in [5, 5.41) is 10.6. The second-order valence-corrected chi connectivity index (χ2v) is 7.13. The van der Waals surface area contributed by atoms with Crippen molar-refractivity contribution in [3.63, 3.8) is 0 Å². The second kappa shape index (κ2) is 7.00. The Morgan fingerprint density at radius 2 is 1.52 bits per heavy atom. The summed E-state index contributed by atoms with van der Waals surface area (Å²) >= 11 is 0. The van der Waals surface area contributed by atoms with Gasteiger partial charge in [-0.3, -0.25) is 10.1 Å². The molecule has 0 radical (unpaired) electrons. The molecule has 0 aliphatic heterocycles. The highest BCUT2D eigenvalue weighted by Gasteiger charge is 2.21. The molecule has 0 spiro atoms. The molecule has 1 fully saturated rings. The van der Waals surface area contributed by atoms with Gasteiger partial charge in [0.1, 0.15) is 0 Å². The Morgan fingerprint density at radius 3 is 2.05 bits per heavy atom. The Kier molecular flexibility index (Phi) is 5.30. The Labute approximate surface area is 124 Å². The molecule has 21 heavy (non-hydrogen) atoms. The van der Waals surface area contributed by atoms with Crippen LogP contribution < -0.4 is 4.72 Å². The minimum absolute atomic E-state index is 0.0366. The predicted molar refractivity (Wildman–Crippen MR) is 79.5 cm³/mol. The maximum atomic E-state index is 12.3. The van der Waals surface area contributed by atoms with E-state index in [0.717, 1.165) is 38.5 Å². The summed E-state index contributed by atoms with van der Waals surface area (Å²) in [7, 11) is -3.60. The van der Waals surface area contributed by atoms with Crippen LogP contribution in [-0.4, -0.2) is 19.4 Å². The van der Waals surface area contributed by atoms with Gasteiger partial charge in [0.15, 0.2) is 0 Å². The molecule has 116 valence electrons. The number of nitrogens with zero attached hydrogens (tertiary/aromatic N) is 1. The van der Waals surface area contributed by atoms with Gasteiger partial charge in [-0.1, -0.05) is 32.1 Å². The Morgan fingerprint density at radius 1 is 1.00 bits per heavy atom. The summed E-state index contributed by atoms with van der Waals surface area (Å²) < 4.78 is 27.3. The van der Waals surface area contributed by atoms with E-state index in [4.69, 9.17) is 0 Å². The summed E-state index contributed by atoms with van der Waals surface area (Å²) in [5.41, 5.74) is -0.111. The van der Waals surface area contributed by atoms with Crippen LogP contribution in [0.3, 0.4) is 0 Å². The van der Waals surface area contributed by atoms with Gasteiger partial charge in [-0.2, -0.15) is 0 Å². The number of hydrogen-bond donors (Lipinski definition) is 1. The molecule has 2 rings (SSSR count). The monoisotopic (exact) mass is 312 g/mol. The quantitative estimate of drug-likeness (QED) is 0.683. The molecule has 1 aromatic rings. The molecule has 1 aliphatic carbocycles. The number of hydrogen-bond acceptors (Lipinski definition) is 4. The van der Waals surface area contributed by atoms with E-state index in [1.54, 1.807) is 0 Å². The van der Waals surface area contributed by atoms with Gasteiger partial charge in [0.25, 0.3) is 5.69 Å². The number of non-ortho nitro benzene ring substituents is 1. The Hall–Kier alpha value is -1.47. The summed E-state index contributed by atoms with van der Waals surface area (Å²) in [5.74, 6) is 0. The summed E-state index contributed by atoms with van der Waals surface area (Å²) in [4.78, 5) is 10.1. The largest absolute Gasteiger partial charge is 0.269 e. The topological polar surface area (TPSA) is 89.3 Å². The van der Waals surface area contributed by atoms with Gasteiger partial charge >= 0.3 is 0 Å². The van der Waals surface area contributed by atoms with E-state index in [0.29, 0.717) is 0 Å². The fraction of sp³-hybridized carbons (Fsp3) is 0.571. The lowest BCUT2D eigenvalue weighted by molar-refractivity contribution is -0.384. The molecular formula is C14H20N2O4S. The first kappa shape index (κ1) is 15.9. The van der Waals surface area contributed by atoms with Crippen LogP contribution >= 0.6 is 0 Å². The van der Waals surface area contributed by atoms with E-state index >= 15 is 0 Å². The number of benzene rings is 1. The van der Waals surface area contributed by atoms with E-state index in [-0.39, 0.29) is 16.6 Å². The zero-order valence-corrected chi connectivity index (χ0v) is 12.6. The maximum Gasteiger partial charge on any atom is 0.269 e. The van der Waals surface area contributed by atoms with Crippen molar-refractivity contribution in [2.45, 2.75) is 55.9 Å². The van der Waals surface area contributed by atoms with Crippen LogP contribution in [0.1, 0.15) is 44.9 Å². The molecule has 1 aliphatic rings. The van der Waals surface area contributed by atoms with Gasteiger partial charge in [-0.25, -0.2) is 13.1 Å². The first-order valence-electron chi connectivity index (χ1n) is 7.26. The van der Waals surface area contributed by atoms with Crippen molar-refractivity contribution < 1.29 is 13.3 Å². The predicted octanol–water partition coefficient (Wildman–Crippen LogP) is 2.99. The van der Waals surface area contributed by atoms with Crippen molar-refractivity contribution in [2.75, 3.05) is 0 Å². The molecule has 1 saturated carbocycles. The molecule has 0 bridgehead atoms. The van der Waals surface area contributed by atoms with E-state index in [2.05, 4.69) is 4.72 Å². The van der Waals surface area contributed by atoms with Gasteiger partial charge in [-0.05, 0) is 25.0 Å². The summed E-state index contributed by atoms with van der Waals surface area (Å²) in [6, 6.07) is 4.96.